The fourth-order valence-corrected chi connectivity index (χ4v) is 2.75. The Labute approximate surface area is 111 Å². The Kier molecular flexibility index (Phi) is 5.42. The number of ether oxygens (including phenoxy) is 1. The second kappa shape index (κ2) is 6.37. The molecular formula is C11H16BrNO3S. The Balaban J connectivity index is 2.69. The molecule has 1 N–H and O–H groups in total. The molecule has 17 heavy (non-hydrogen) atoms. The molecule has 1 aromatic carbocycles. The van der Waals surface area contributed by atoms with Crippen LogP contribution in [0.15, 0.2) is 22.7 Å². The van der Waals surface area contributed by atoms with Crippen molar-refractivity contribution in [2.75, 3.05) is 23.7 Å². The van der Waals surface area contributed by atoms with Crippen LogP contribution in [0.1, 0.15) is 12.5 Å². The molecule has 0 aliphatic heterocycles. The first-order chi connectivity index (χ1) is 7.94. The molecule has 0 heterocycles. The number of halogens is 1. The third kappa shape index (κ3) is 5.06. The zero-order chi connectivity index (χ0) is 12.9. The van der Waals surface area contributed by atoms with Crippen LogP contribution in [-0.4, -0.2) is 27.4 Å². The highest BCUT2D eigenvalue weighted by Gasteiger charge is 2.11. The number of hydrogen-bond donors (Lipinski definition) is 1. The van der Waals surface area contributed by atoms with E-state index in [1.807, 2.05) is 19.9 Å². The van der Waals surface area contributed by atoms with E-state index in [1.165, 1.54) is 0 Å². The molecule has 0 fully saturated rings. The second-order valence-corrected chi connectivity index (χ2v) is 6.33. The average Bonchev–Trinajstić information content (AvgIpc) is 2.22. The van der Waals surface area contributed by atoms with Gasteiger partial charge in [0.15, 0.2) is 0 Å². The van der Waals surface area contributed by atoms with Crippen molar-refractivity contribution in [2.24, 2.45) is 0 Å². The topological polar surface area (TPSA) is 55.4 Å². The lowest BCUT2D eigenvalue weighted by Crippen LogP contribution is -2.20. The molecular weight excluding hydrogens is 306 g/mol. The van der Waals surface area contributed by atoms with Crippen LogP contribution in [0.5, 0.6) is 0 Å². The summed E-state index contributed by atoms with van der Waals surface area (Å²) in [4.78, 5) is 0. The van der Waals surface area contributed by atoms with Crippen molar-refractivity contribution in [3.63, 3.8) is 0 Å². The van der Waals surface area contributed by atoms with Crippen molar-refractivity contribution in [1.29, 1.82) is 0 Å². The first kappa shape index (κ1) is 14.5. The van der Waals surface area contributed by atoms with Crippen LogP contribution in [0.2, 0.25) is 0 Å². The predicted octanol–water partition coefficient (Wildman–Crippen LogP) is 2.54. The fraction of sp³-hybridized carbons (Fsp3) is 0.455. The van der Waals surface area contributed by atoms with Crippen LogP contribution in [0, 0.1) is 6.92 Å². The quantitative estimate of drug-likeness (QED) is 0.819. The summed E-state index contributed by atoms with van der Waals surface area (Å²) in [6, 6.07) is 5.39. The van der Waals surface area contributed by atoms with Gasteiger partial charge in [-0.25, -0.2) is 8.42 Å². The average molecular weight is 322 g/mol. The summed E-state index contributed by atoms with van der Waals surface area (Å²) < 4.78 is 31.9. The van der Waals surface area contributed by atoms with Gasteiger partial charge in [-0.1, -0.05) is 15.9 Å². The maximum Gasteiger partial charge on any atom is 0.235 e. The van der Waals surface area contributed by atoms with Crippen molar-refractivity contribution in [3.8, 4) is 0 Å². The molecule has 0 radical (unpaired) electrons. The highest BCUT2D eigenvalue weighted by Crippen LogP contribution is 2.20. The number of rotatable bonds is 6. The summed E-state index contributed by atoms with van der Waals surface area (Å²) >= 11 is 3.33. The minimum absolute atomic E-state index is 0.0314. The van der Waals surface area contributed by atoms with Gasteiger partial charge in [-0.3, -0.25) is 4.72 Å². The van der Waals surface area contributed by atoms with Gasteiger partial charge in [0.2, 0.25) is 10.0 Å². The minimum Gasteiger partial charge on any atom is -0.381 e. The molecule has 0 aromatic heterocycles. The number of aryl methyl sites for hydroxylation is 1. The van der Waals surface area contributed by atoms with Crippen molar-refractivity contribution < 1.29 is 13.2 Å². The zero-order valence-electron chi connectivity index (χ0n) is 9.86. The lowest BCUT2D eigenvalue weighted by molar-refractivity contribution is 0.163. The number of sulfonamides is 1. The van der Waals surface area contributed by atoms with E-state index in [1.54, 1.807) is 12.1 Å². The van der Waals surface area contributed by atoms with Crippen LogP contribution in [0.3, 0.4) is 0 Å². The smallest absolute Gasteiger partial charge is 0.235 e. The highest BCUT2D eigenvalue weighted by molar-refractivity contribution is 9.10. The van der Waals surface area contributed by atoms with E-state index in [4.69, 9.17) is 4.74 Å². The van der Waals surface area contributed by atoms with Crippen LogP contribution < -0.4 is 4.72 Å². The van der Waals surface area contributed by atoms with E-state index in [-0.39, 0.29) is 12.4 Å². The molecule has 0 aliphatic carbocycles. The normalized spacial score (nSPS) is 11.5. The minimum atomic E-state index is -3.33. The molecule has 96 valence electrons. The molecule has 0 amide bonds. The van der Waals surface area contributed by atoms with Gasteiger partial charge in [-0.2, -0.15) is 0 Å². The van der Waals surface area contributed by atoms with E-state index < -0.39 is 10.0 Å². The Morgan fingerprint density at radius 1 is 1.41 bits per heavy atom. The lowest BCUT2D eigenvalue weighted by atomic mass is 10.2. The van der Waals surface area contributed by atoms with Gasteiger partial charge in [0.1, 0.15) is 0 Å². The van der Waals surface area contributed by atoms with Gasteiger partial charge < -0.3 is 4.74 Å². The van der Waals surface area contributed by atoms with Gasteiger partial charge in [0.25, 0.3) is 0 Å². The maximum atomic E-state index is 11.7. The van der Waals surface area contributed by atoms with E-state index in [9.17, 15) is 8.42 Å². The second-order valence-electron chi connectivity index (χ2n) is 3.58. The largest absolute Gasteiger partial charge is 0.381 e. The molecule has 1 aromatic rings. The highest BCUT2D eigenvalue weighted by atomic mass is 79.9. The summed E-state index contributed by atoms with van der Waals surface area (Å²) in [5, 5.41) is 0. The number of anilines is 1. The number of hydrogen-bond acceptors (Lipinski definition) is 3. The molecule has 0 bridgehead atoms. The van der Waals surface area contributed by atoms with Crippen LogP contribution in [0.25, 0.3) is 0 Å². The summed E-state index contributed by atoms with van der Waals surface area (Å²) in [6.07, 6.45) is 0. The Morgan fingerprint density at radius 3 is 2.71 bits per heavy atom. The summed E-state index contributed by atoms with van der Waals surface area (Å²) in [5.74, 6) is -0.0314. The fourth-order valence-electron chi connectivity index (χ4n) is 1.27. The van der Waals surface area contributed by atoms with Crippen molar-refractivity contribution in [3.05, 3.63) is 28.2 Å². The molecule has 0 saturated carbocycles. The molecule has 0 aliphatic rings. The number of benzene rings is 1. The summed E-state index contributed by atoms with van der Waals surface area (Å²) in [7, 11) is -3.33. The third-order valence-electron chi connectivity index (χ3n) is 2.15. The predicted molar refractivity (Wildman–Crippen MR) is 72.8 cm³/mol. The van der Waals surface area contributed by atoms with Crippen LogP contribution >= 0.6 is 15.9 Å². The van der Waals surface area contributed by atoms with E-state index >= 15 is 0 Å². The van der Waals surface area contributed by atoms with E-state index in [0.29, 0.717) is 12.3 Å². The Morgan fingerprint density at radius 2 is 2.12 bits per heavy atom. The Hall–Kier alpha value is -0.590. The Bertz CT molecular complexity index is 474. The SMILES string of the molecule is CCOCCS(=O)(=O)Nc1ccc(Br)cc1C. The monoisotopic (exact) mass is 321 g/mol. The van der Waals surface area contributed by atoms with E-state index in [0.717, 1.165) is 10.0 Å². The van der Waals surface area contributed by atoms with Gasteiger partial charge >= 0.3 is 0 Å². The van der Waals surface area contributed by atoms with Gasteiger partial charge in [0.05, 0.1) is 18.0 Å². The van der Waals surface area contributed by atoms with Gasteiger partial charge in [-0.05, 0) is 37.6 Å². The van der Waals surface area contributed by atoms with Crippen LogP contribution in [0.4, 0.5) is 5.69 Å². The first-order valence-electron chi connectivity index (χ1n) is 5.29. The molecule has 0 unspecified atom stereocenters. The van der Waals surface area contributed by atoms with Crippen LogP contribution in [-0.2, 0) is 14.8 Å². The van der Waals surface area contributed by atoms with Crippen molar-refractivity contribution in [2.45, 2.75) is 13.8 Å². The zero-order valence-corrected chi connectivity index (χ0v) is 12.3. The lowest BCUT2D eigenvalue weighted by Gasteiger charge is -2.10. The molecule has 4 nitrogen and oxygen atoms in total. The van der Waals surface area contributed by atoms with Crippen molar-refractivity contribution >= 4 is 31.6 Å². The summed E-state index contributed by atoms with van der Waals surface area (Å²) in [5.41, 5.74) is 1.48. The molecule has 1 rings (SSSR count). The van der Waals surface area contributed by atoms with Crippen molar-refractivity contribution in [1.82, 2.24) is 0 Å². The molecule has 6 heteroatoms. The molecule has 0 atom stereocenters. The molecule has 0 spiro atoms. The maximum absolute atomic E-state index is 11.7. The van der Waals surface area contributed by atoms with Gasteiger partial charge in [-0.15, -0.1) is 0 Å². The number of nitrogens with one attached hydrogen (secondary N) is 1. The standard InChI is InChI=1S/C11H16BrNO3S/c1-3-16-6-7-17(14,15)13-11-5-4-10(12)8-9(11)2/h4-5,8,13H,3,6-7H2,1-2H3. The van der Waals surface area contributed by atoms with Gasteiger partial charge in [0, 0.05) is 11.1 Å². The molecule has 0 saturated heterocycles. The first-order valence-corrected chi connectivity index (χ1v) is 7.73. The van der Waals surface area contributed by atoms with E-state index in [2.05, 4.69) is 20.7 Å². The third-order valence-corrected chi connectivity index (χ3v) is 3.88. The summed E-state index contributed by atoms with van der Waals surface area (Å²) in [6.45, 7) is 4.41.